The van der Waals surface area contributed by atoms with Crippen LogP contribution >= 0.6 is 0 Å². The summed E-state index contributed by atoms with van der Waals surface area (Å²) in [5.41, 5.74) is 1.18. The Morgan fingerprint density at radius 2 is 2.29 bits per heavy atom. The Balaban J connectivity index is 2.03. The van der Waals surface area contributed by atoms with Crippen molar-refractivity contribution in [1.29, 1.82) is 0 Å². The first kappa shape index (κ1) is 15.7. The van der Waals surface area contributed by atoms with Crippen molar-refractivity contribution in [2.24, 2.45) is 0 Å². The topological polar surface area (TPSA) is 49.8 Å². The minimum Gasteiger partial charge on any atom is -0.478 e. The van der Waals surface area contributed by atoms with Gasteiger partial charge < -0.3 is 9.84 Å². The van der Waals surface area contributed by atoms with Crippen LogP contribution in [-0.2, 0) is 16.1 Å². The summed E-state index contributed by atoms with van der Waals surface area (Å²) >= 11 is 0. The van der Waals surface area contributed by atoms with E-state index in [-0.39, 0.29) is 5.82 Å². The Morgan fingerprint density at radius 1 is 1.52 bits per heavy atom. The first-order valence-electron chi connectivity index (χ1n) is 7.02. The molecule has 2 rings (SSSR count). The zero-order chi connectivity index (χ0) is 15.2. The molecule has 1 aromatic rings. The number of carbonyl (C=O) groups is 1. The van der Waals surface area contributed by atoms with Gasteiger partial charge in [-0.15, -0.1) is 0 Å². The Labute approximate surface area is 123 Å². The van der Waals surface area contributed by atoms with Crippen LogP contribution in [0.1, 0.15) is 24.0 Å². The van der Waals surface area contributed by atoms with Crippen LogP contribution in [0.5, 0.6) is 0 Å². The maximum absolute atomic E-state index is 14.1. The molecule has 0 aliphatic heterocycles. The van der Waals surface area contributed by atoms with Crippen LogP contribution in [-0.4, -0.2) is 42.3 Å². The highest BCUT2D eigenvalue weighted by molar-refractivity contribution is 5.85. The summed E-state index contributed by atoms with van der Waals surface area (Å²) in [6, 6.07) is 5.36. The number of methoxy groups -OCH3 is 1. The maximum Gasteiger partial charge on any atom is 0.328 e. The second-order valence-corrected chi connectivity index (χ2v) is 5.22. The maximum atomic E-state index is 14.1. The minimum atomic E-state index is -1.04. The molecule has 5 heteroatoms. The van der Waals surface area contributed by atoms with Gasteiger partial charge in [-0.2, -0.15) is 0 Å². The molecule has 1 N–H and O–H groups in total. The summed E-state index contributed by atoms with van der Waals surface area (Å²) in [6.45, 7) is 1.99. The minimum absolute atomic E-state index is 0.300. The highest BCUT2D eigenvalue weighted by Gasteiger charge is 2.29. The van der Waals surface area contributed by atoms with E-state index in [9.17, 15) is 9.18 Å². The van der Waals surface area contributed by atoms with Crippen LogP contribution in [0.4, 0.5) is 4.39 Å². The Kier molecular flexibility index (Phi) is 5.47. The Morgan fingerprint density at radius 3 is 2.86 bits per heavy atom. The van der Waals surface area contributed by atoms with Crippen molar-refractivity contribution < 1.29 is 19.0 Å². The van der Waals surface area contributed by atoms with Gasteiger partial charge in [-0.3, -0.25) is 4.90 Å². The van der Waals surface area contributed by atoms with E-state index in [4.69, 9.17) is 9.84 Å². The number of carboxylic acids is 1. The second kappa shape index (κ2) is 7.33. The Bertz CT molecular complexity index is 526. The van der Waals surface area contributed by atoms with Crippen LogP contribution in [0.25, 0.3) is 6.08 Å². The number of halogens is 1. The van der Waals surface area contributed by atoms with Crippen LogP contribution in [0.2, 0.25) is 0 Å². The van der Waals surface area contributed by atoms with E-state index in [0.29, 0.717) is 30.3 Å². The molecule has 1 aliphatic rings. The highest BCUT2D eigenvalue weighted by atomic mass is 19.1. The fraction of sp³-hybridized carbons (Fsp3) is 0.438. The van der Waals surface area contributed by atoms with E-state index in [1.807, 2.05) is 0 Å². The number of hydrogen-bond acceptors (Lipinski definition) is 3. The summed E-state index contributed by atoms with van der Waals surface area (Å²) in [5.74, 6) is -1.34. The van der Waals surface area contributed by atoms with Crippen LogP contribution in [0.3, 0.4) is 0 Å². The zero-order valence-corrected chi connectivity index (χ0v) is 12.1. The SMILES string of the molecule is COCCN(Cc1ccc(C=CC(=O)O)cc1F)C1CC1. The molecule has 0 heterocycles. The fourth-order valence-electron chi connectivity index (χ4n) is 2.22. The number of carboxylic acid groups (broad SMARTS) is 1. The normalized spacial score (nSPS) is 15.0. The lowest BCUT2D eigenvalue weighted by Gasteiger charge is -2.22. The van der Waals surface area contributed by atoms with E-state index < -0.39 is 5.97 Å². The quantitative estimate of drug-likeness (QED) is 0.748. The van der Waals surface area contributed by atoms with Crippen molar-refractivity contribution in [2.45, 2.75) is 25.4 Å². The number of benzene rings is 1. The highest BCUT2D eigenvalue weighted by Crippen LogP contribution is 2.28. The second-order valence-electron chi connectivity index (χ2n) is 5.22. The van der Waals surface area contributed by atoms with Gasteiger partial charge in [-0.05, 0) is 30.5 Å². The molecule has 0 radical (unpaired) electrons. The first-order valence-corrected chi connectivity index (χ1v) is 7.02. The van der Waals surface area contributed by atoms with Gasteiger partial charge in [0.1, 0.15) is 5.82 Å². The van der Waals surface area contributed by atoms with Gasteiger partial charge in [0, 0.05) is 37.9 Å². The molecule has 0 spiro atoms. The smallest absolute Gasteiger partial charge is 0.328 e. The van der Waals surface area contributed by atoms with Crippen LogP contribution < -0.4 is 0 Å². The average Bonchev–Trinajstić information content (AvgIpc) is 3.27. The van der Waals surface area contributed by atoms with Gasteiger partial charge in [0.05, 0.1) is 6.61 Å². The van der Waals surface area contributed by atoms with Crippen molar-refractivity contribution in [3.05, 3.63) is 41.2 Å². The predicted molar refractivity (Wildman–Crippen MR) is 78.4 cm³/mol. The van der Waals surface area contributed by atoms with Crippen molar-refractivity contribution >= 4 is 12.0 Å². The largest absolute Gasteiger partial charge is 0.478 e. The molecule has 0 aromatic heterocycles. The molecule has 0 amide bonds. The molecule has 114 valence electrons. The third-order valence-corrected chi connectivity index (χ3v) is 3.51. The number of rotatable bonds is 8. The van der Waals surface area contributed by atoms with Crippen LogP contribution in [0.15, 0.2) is 24.3 Å². The van der Waals surface area contributed by atoms with E-state index in [0.717, 1.165) is 25.5 Å². The predicted octanol–water partition coefficient (Wildman–Crippen LogP) is 2.53. The molecule has 1 aromatic carbocycles. The fourth-order valence-corrected chi connectivity index (χ4v) is 2.22. The van der Waals surface area contributed by atoms with Gasteiger partial charge >= 0.3 is 5.97 Å². The molecule has 0 bridgehead atoms. The van der Waals surface area contributed by atoms with Gasteiger partial charge in [-0.1, -0.05) is 12.1 Å². The summed E-state index contributed by atoms with van der Waals surface area (Å²) < 4.78 is 19.2. The van der Waals surface area contributed by atoms with Crippen LogP contribution in [0, 0.1) is 5.82 Å². The summed E-state index contributed by atoms with van der Waals surface area (Å²) in [5, 5.41) is 8.57. The number of hydrogen-bond donors (Lipinski definition) is 1. The molecule has 0 unspecified atom stereocenters. The monoisotopic (exact) mass is 293 g/mol. The number of ether oxygens (including phenoxy) is 1. The van der Waals surface area contributed by atoms with Gasteiger partial charge in [0.25, 0.3) is 0 Å². The lowest BCUT2D eigenvalue weighted by atomic mass is 10.1. The van der Waals surface area contributed by atoms with Crippen molar-refractivity contribution in [2.75, 3.05) is 20.3 Å². The van der Waals surface area contributed by atoms with E-state index in [1.54, 1.807) is 19.2 Å². The molecule has 1 aliphatic carbocycles. The summed E-state index contributed by atoms with van der Waals surface area (Å²) in [4.78, 5) is 12.7. The standard InChI is InChI=1S/C16H20FNO3/c1-21-9-8-18(14-5-6-14)11-13-4-2-12(10-15(13)17)3-7-16(19)20/h2-4,7,10,14H,5-6,8-9,11H2,1H3,(H,19,20). The van der Waals surface area contributed by atoms with Gasteiger partial charge in [0.15, 0.2) is 0 Å². The molecule has 21 heavy (non-hydrogen) atoms. The molecule has 4 nitrogen and oxygen atoms in total. The zero-order valence-electron chi connectivity index (χ0n) is 12.1. The lowest BCUT2D eigenvalue weighted by molar-refractivity contribution is -0.131. The lowest BCUT2D eigenvalue weighted by Crippen LogP contribution is -2.29. The molecule has 0 atom stereocenters. The van der Waals surface area contributed by atoms with E-state index >= 15 is 0 Å². The molecule has 1 fully saturated rings. The Hall–Kier alpha value is -1.72. The van der Waals surface area contributed by atoms with Gasteiger partial charge in [-0.25, -0.2) is 9.18 Å². The van der Waals surface area contributed by atoms with Crippen molar-refractivity contribution in [1.82, 2.24) is 4.90 Å². The molecular weight excluding hydrogens is 273 g/mol. The third-order valence-electron chi connectivity index (χ3n) is 3.51. The molecule has 0 saturated heterocycles. The van der Waals surface area contributed by atoms with Crippen molar-refractivity contribution in [3.63, 3.8) is 0 Å². The average molecular weight is 293 g/mol. The van der Waals surface area contributed by atoms with Crippen molar-refractivity contribution in [3.8, 4) is 0 Å². The van der Waals surface area contributed by atoms with E-state index in [2.05, 4.69) is 4.90 Å². The third kappa shape index (κ3) is 4.95. The summed E-state index contributed by atoms with van der Waals surface area (Å²) in [6.07, 6.45) is 4.71. The molecule has 1 saturated carbocycles. The van der Waals surface area contributed by atoms with E-state index in [1.165, 1.54) is 12.1 Å². The number of nitrogens with zero attached hydrogens (tertiary/aromatic N) is 1. The molecular formula is C16H20FNO3. The first-order chi connectivity index (χ1) is 10.1. The number of aliphatic carboxylic acids is 1. The van der Waals surface area contributed by atoms with Gasteiger partial charge in [0.2, 0.25) is 0 Å². The summed E-state index contributed by atoms with van der Waals surface area (Å²) in [7, 11) is 1.66.